The lowest BCUT2D eigenvalue weighted by Gasteiger charge is -2.49. The Morgan fingerprint density at radius 1 is 1.07 bits per heavy atom. The lowest BCUT2D eigenvalue weighted by atomic mass is 9.86. The number of carbonyl (C=O) groups is 1. The van der Waals surface area contributed by atoms with Gasteiger partial charge in [0.15, 0.2) is 0 Å². The summed E-state index contributed by atoms with van der Waals surface area (Å²) in [6.45, 7) is 8.27. The molecule has 2 saturated heterocycles. The van der Waals surface area contributed by atoms with Gasteiger partial charge in [0.25, 0.3) is 0 Å². The van der Waals surface area contributed by atoms with Crippen molar-refractivity contribution in [1.29, 1.82) is 0 Å². The average molecular weight is 369 g/mol. The SMILES string of the molecule is CCn1ccc2c(CN3CCN(C)[C@@]4(CCC(=O)N(C)CC4)C3)cccc21. The number of fused-ring (bicyclic) bond motifs is 1. The molecule has 5 heteroatoms. The maximum Gasteiger partial charge on any atom is 0.222 e. The second kappa shape index (κ2) is 7.28. The fourth-order valence-corrected chi connectivity index (χ4v) is 4.92. The lowest BCUT2D eigenvalue weighted by Crippen LogP contribution is -2.60. The van der Waals surface area contributed by atoms with E-state index in [0.717, 1.165) is 52.1 Å². The molecule has 2 aliphatic rings. The Bertz CT molecular complexity index is 829. The van der Waals surface area contributed by atoms with Crippen molar-refractivity contribution >= 4 is 16.8 Å². The number of likely N-dealkylation sites (N-methyl/N-ethyl adjacent to an activating group) is 1. The van der Waals surface area contributed by atoms with E-state index in [0.29, 0.717) is 12.3 Å². The summed E-state index contributed by atoms with van der Waals surface area (Å²) in [5, 5.41) is 1.38. The van der Waals surface area contributed by atoms with Crippen LogP contribution in [0.25, 0.3) is 10.9 Å². The van der Waals surface area contributed by atoms with Gasteiger partial charge in [-0.25, -0.2) is 0 Å². The molecule has 2 aromatic rings. The van der Waals surface area contributed by atoms with E-state index in [2.05, 4.69) is 58.8 Å². The van der Waals surface area contributed by atoms with Crippen LogP contribution in [0, 0.1) is 0 Å². The first-order chi connectivity index (χ1) is 13.0. The number of likely N-dealkylation sites (tertiary alicyclic amines) is 1. The van der Waals surface area contributed by atoms with E-state index in [1.807, 2.05) is 11.9 Å². The molecule has 1 aromatic heterocycles. The second-order valence-corrected chi connectivity index (χ2v) is 8.37. The van der Waals surface area contributed by atoms with Crippen LogP contribution in [0.2, 0.25) is 0 Å². The van der Waals surface area contributed by atoms with Gasteiger partial charge in [0.2, 0.25) is 5.91 Å². The van der Waals surface area contributed by atoms with Gasteiger partial charge in [0.1, 0.15) is 0 Å². The molecular weight excluding hydrogens is 336 g/mol. The Hall–Kier alpha value is -1.85. The molecule has 0 saturated carbocycles. The van der Waals surface area contributed by atoms with E-state index in [1.165, 1.54) is 16.5 Å². The monoisotopic (exact) mass is 368 g/mol. The maximum absolute atomic E-state index is 12.2. The first kappa shape index (κ1) is 18.5. The summed E-state index contributed by atoms with van der Waals surface area (Å²) in [6.07, 6.45) is 4.91. The lowest BCUT2D eigenvalue weighted by molar-refractivity contribution is -0.129. The average Bonchev–Trinajstić information content (AvgIpc) is 3.05. The van der Waals surface area contributed by atoms with Crippen LogP contribution >= 0.6 is 0 Å². The highest BCUT2D eigenvalue weighted by Gasteiger charge is 2.41. The van der Waals surface area contributed by atoms with Crippen LogP contribution in [0.1, 0.15) is 31.7 Å². The Morgan fingerprint density at radius 3 is 2.74 bits per heavy atom. The minimum absolute atomic E-state index is 0.127. The summed E-state index contributed by atoms with van der Waals surface area (Å²) >= 11 is 0. The van der Waals surface area contributed by atoms with Crippen molar-refractivity contribution in [3.63, 3.8) is 0 Å². The summed E-state index contributed by atoms with van der Waals surface area (Å²) in [6, 6.07) is 8.95. The molecule has 1 amide bonds. The molecule has 2 aliphatic heterocycles. The minimum Gasteiger partial charge on any atom is -0.348 e. The van der Waals surface area contributed by atoms with Crippen LogP contribution in [0.3, 0.4) is 0 Å². The maximum atomic E-state index is 12.2. The zero-order valence-corrected chi connectivity index (χ0v) is 16.9. The number of aryl methyl sites for hydroxylation is 1. The number of hydrogen-bond donors (Lipinski definition) is 0. The molecule has 2 fully saturated rings. The normalized spacial score (nSPS) is 25.4. The van der Waals surface area contributed by atoms with Crippen molar-refractivity contribution in [2.45, 2.75) is 44.8 Å². The molecule has 146 valence electrons. The van der Waals surface area contributed by atoms with E-state index >= 15 is 0 Å². The van der Waals surface area contributed by atoms with E-state index in [-0.39, 0.29) is 5.54 Å². The van der Waals surface area contributed by atoms with Crippen LogP contribution in [-0.2, 0) is 17.9 Å². The number of rotatable bonds is 3. The summed E-state index contributed by atoms with van der Waals surface area (Å²) in [7, 11) is 4.19. The third-order valence-corrected chi connectivity index (χ3v) is 6.86. The molecule has 0 bridgehead atoms. The number of nitrogens with zero attached hydrogens (tertiary/aromatic N) is 4. The van der Waals surface area contributed by atoms with Crippen molar-refractivity contribution in [2.24, 2.45) is 0 Å². The number of benzene rings is 1. The second-order valence-electron chi connectivity index (χ2n) is 8.37. The van der Waals surface area contributed by atoms with Crippen LogP contribution in [0.15, 0.2) is 30.5 Å². The topological polar surface area (TPSA) is 31.7 Å². The number of aromatic nitrogens is 1. The molecule has 1 spiro atoms. The number of amides is 1. The van der Waals surface area contributed by atoms with Crippen LogP contribution in [0.4, 0.5) is 0 Å². The zero-order valence-electron chi connectivity index (χ0n) is 16.9. The van der Waals surface area contributed by atoms with Gasteiger partial charge in [-0.15, -0.1) is 0 Å². The molecule has 0 radical (unpaired) electrons. The largest absolute Gasteiger partial charge is 0.348 e. The Kier molecular flexibility index (Phi) is 4.99. The van der Waals surface area contributed by atoms with Crippen molar-refractivity contribution in [2.75, 3.05) is 40.3 Å². The standard InChI is InChI=1S/C22H32N4O/c1-4-26-12-9-19-18(6-5-7-20(19)26)16-25-15-14-24(3)22(17-25)10-8-21(27)23(2)13-11-22/h5-7,9,12H,4,8,10-11,13-17H2,1-3H3/t22-/m1/s1. The van der Waals surface area contributed by atoms with E-state index in [4.69, 9.17) is 0 Å². The predicted octanol–water partition coefficient (Wildman–Crippen LogP) is 2.79. The van der Waals surface area contributed by atoms with Gasteiger partial charge in [-0.1, -0.05) is 12.1 Å². The molecule has 0 N–H and O–H groups in total. The highest BCUT2D eigenvalue weighted by atomic mass is 16.2. The van der Waals surface area contributed by atoms with Gasteiger partial charge in [0.05, 0.1) is 0 Å². The summed E-state index contributed by atoms with van der Waals surface area (Å²) < 4.78 is 2.32. The fraction of sp³-hybridized carbons (Fsp3) is 0.591. The fourth-order valence-electron chi connectivity index (χ4n) is 4.92. The molecule has 1 atom stereocenters. The van der Waals surface area contributed by atoms with Gasteiger partial charge in [0, 0.05) is 75.4 Å². The van der Waals surface area contributed by atoms with Crippen LogP contribution in [-0.4, -0.2) is 71.0 Å². The van der Waals surface area contributed by atoms with Gasteiger partial charge in [-0.05, 0) is 44.5 Å². The van der Waals surface area contributed by atoms with Crippen molar-refractivity contribution in [3.05, 3.63) is 36.0 Å². The molecule has 0 aliphatic carbocycles. The van der Waals surface area contributed by atoms with E-state index in [9.17, 15) is 4.79 Å². The molecule has 3 heterocycles. The summed E-state index contributed by atoms with van der Waals surface area (Å²) in [4.78, 5) is 19.2. The third kappa shape index (κ3) is 3.39. The van der Waals surface area contributed by atoms with Gasteiger partial charge in [-0.3, -0.25) is 14.6 Å². The van der Waals surface area contributed by atoms with Crippen molar-refractivity contribution < 1.29 is 4.79 Å². The molecule has 4 rings (SSSR count). The molecule has 27 heavy (non-hydrogen) atoms. The predicted molar refractivity (Wildman–Crippen MR) is 110 cm³/mol. The smallest absolute Gasteiger partial charge is 0.222 e. The van der Waals surface area contributed by atoms with Gasteiger partial charge in [-0.2, -0.15) is 0 Å². The number of piperazine rings is 1. The quantitative estimate of drug-likeness (QED) is 0.835. The molecule has 1 aromatic carbocycles. The Morgan fingerprint density at radius 2 is 1.93 bits per heavy atom. The minimum atomic E-state index is 0.127. The highest BCUT2D eigenvalue weighted by Crippen LogP contribution is 2.33. The highest BCUT2D eigenvalue weighted by molar-refractivity contribution is 5.83. The summed E-state index contributed by atoms with van der Waals surface area (Å²) in [5.74, 6) is 0.295. The van der Waals surface area contributed by atoms with E-state index < -0.39 is 0 Å². The van der Waals surface area contributed by atoms with E-state index in [1.54, 1.807) is 0 Å². The Balaban J connectivity index is 1.55. The molecule has 0 unspecified atom stereocenters. The third-order valence-electron chi connectivity index (χ3n) is 6.86. The van der Waals surface area contributed by atoms with Crippen molar-refractivity contribution in [3.8, 4) is 0 Å². The van der Waals surface area contributed by atoms with Crippen molar-refractivity contribution in [1.82, 2.24) is 19.3 Å². The van der Waals surface area contributed by atoms with Gasteiger partial charge >= 0.3 is 0 Å². The molecular formula is C22H32N4O. The first-order valence-electron chi connectivity index (χ1n) is 10.3. The molecule has 5 nitrogen and oxygen atoms in total. The van der Waals surface area contributed by atoms with Crippen LogP contribution < -0.4 is 0 Å². The summed E-state index contributed by atoms with van der Waals surface area (Å²) in [5.41, 5.74) is 2.88. The Labute approximate surface area is 162 Å². The first-order valence-corrected chi connectivity index (χ1v) is 10.3. The van der Waals surface area contributed by atoms with Crippen LogP contribution in [0.5, 0.6) is 0 Å². The van der Waals surface area contributed by atoms with Gasteiger partial charge < -0.3 is 9.47 Å². The zero-order chi connectivity index (χ0) is 19.0. The number of hydrogen-bond acceptors (Lipinski definition) is 3. The number of carbonyl (C=O) groups excluding carboxylic acids is 1.